The molecule has 0 saturated heterocycles. The van der Waals surface area contributed by atoms with E-state index in [0.717, 1.165) is 16.2 Å². The first kappa shape index (κ1) is 17.4. The molecule has 120 valence electrons. The van der Waals surface area contributed by atoms with Gasteiger partial charge in [-0.25, -0.2) is 13.6 Å². The van der Waals surface area contributed by atoms with E-state index in [0.29, 0.717) is 0 Å². The third-order valence-electron chi connectivity index (χ3n) is 3.07. The topological polar surface area (TPSA) is 59.4 Å². The fourth-order valence-electron chi connectivity index (χ4n) is 2.04. The van der Waals surface area contributed by atoms with E-state index in [2.05, 4.69) is 10.4 Å². The quantitative estimate of drug-likeness (QED) is 0.834. The summed E-state index contributed by atoms with van der Waals surface area (Å²) in [5, 5.41) is 6.90. The molecular weight excluding hydrogens is 282 g/mol. The Labute approximate surface area is 123 Å². The van der Waals surface area contributed by atoms with Crippen molar-refractivity contribution in [2.24, 2.45) is 7.05 Å². The lowest BCUT2D eigenvalue weighted by atomic mass is 10.1. The highest BCUT2D eigenvalue weighted by Gasteiger charge is 2.21. The van der Waals surface area contributed by atoms with E-state index in [1.54, 1.807) is 24.9 Å². The number of rotatable bonds is 7. The SMILES string of the molecule is COCCN(CC(F)F)C(=O)NC(C)c1cn(C)nc1C. The monoisotopic (exact) mass is 304 g/mol. The van der Waals surface area contributed by atoms with Gasteiger partial charge in [-0.1, -0.05) is 0 Å². The molecule has 1 N–H and O–H groups in total. The van der Waals surface area contributed by atoms with E-state index in [-0.39, 0.29) is 19.2 Å². The van der Waals surface area contributed by atoms with Crippen LogP contribution in [0.1, 0.15) is 24.2 Å². The van der Waals surface area contributed by atoms with Crippen molar-refractivity contribution in [3.63, 3.8) is 0 Å². The Morgan fingerprint density at radius 2 is 2.24 bits per heavy atom. The average molecular weight is 304 g/mol. The Hall–Kier alpha value is -1.70. The molecule has 0 bridgehead atoms. The lowest BCUT2D eigenvalue weighted by Gasteiger charge is -2.24. The largest absolute Gasteiger partial charge is 0.383 e. The molecule has 8 heteroatoms. The van der Waals surface area contributed by atoms with Crippen molar-refractivity contribution in [3.8, 4) is 0 Å². The maximum atomic E-state index is 12.5. The Balaban J connectivity index is 2.68. The number of hydrogen-bond acceptors (Lipinski definition) is 3. The molecule has 0 aliphatic heterocycles. The Bertz CT molecular complexity index is 465. The number of ether oxygens (including phenoxy) is 1. The van der Waals surface area contributed by atoms with Crippen LogP contribution in [-0.4, -0.2) is 53.9 Å². The second-order valence-corrected chi connectivity index (χ2v) is 4.84. The summed E-state index contributed by atoms with van der Waals surface area (Å²) in [6.07, 6.45) is -0.782. The van der Waals surface area contributed by atoms with Crippen LogP contribution in [0.4, 0.5) is 13.6 Å². The van der Waals surface area contributed by atoms with E-state index in [9.17, 15) is 13.6 Å². The number of nitrogens with zero attached hydrogens (tertiary/aromatic N) is 3. The molecule has 0 aromatic carbocycles. The standard InChI is InChI=1S/C13H22F2N4O2/c1-9(11-7-18(3)17-10(11)2)16-13(20)19(5-6-21-4)8-12(14)15/h7,9,12H,5-6,8H2,1-4H3,(H,16,20). The van der Waals surface area contributed by atoms with Crippen LogP contribution in [0.25, 0.3) is 0 Å². The molecule has 6 nitrogen and oxygen atoms in total. The molecule has 0 spiro atoms. The van der Waals surface area contributed by atoms with Crippen LogP contribution in [0.2, 0.25) is 0 Å². The second kappa shape index (κ2) is 7.92. The molecule has 1 aromatic heterocycles. The van der Waals surface area contributed by atoms with Crippen molar-refractivity contribution >= 4 is 6.03 Å². The number of amides is 2. The average Bonchev–Trinajstić information content (AvgIpc) is 2.73. The number of halogens is 2. The van der Waals surface area contributed by atoms with Crippen LogP contribution >= 0.6 is 0 Å². The first-order valence-corrected chi connectivity index (χ1v) is 6.67. The van der Waals surface area contributed by atoms with E-state index in [1.807, 2.05) is 6.92 Å². The Morgan fingerprint density at radius 3 is 2.71 bits per heavy atom. The van der Waals surface area contributed by atoms with Crippen LogP contribution in [0.3, 0.4) is 0 Å². The molecule has 0 saturated carbocycles. The molecule has 0 radical (unpaired) electrons. The second-order valence-electron chi connectivity index (χ2n) is 4.84. The Morgan fingerprint density at radius 1 is 1.57 bits per heavy atom. The molecule has 1 atom stereocenters. The van der Waals surface area contributed by atoms with Crippen LogP contribution in [-0.2, 0) is 11.8 Å². The first-order chi connectivity index (χ1) is 9.85. The summed E-state index contributed by atoms with van der Waals surface area (Å²) in [5.41, 5.74) is 1.65. The van der Waals surface area contributed by atoms with Crippen molar-refractivity contribution in [3.05, 3.63) is 17.5 Å². The molecule has 21 heavy (non-hydrogen) atoms. The number of aryl methyl sites for hydroxylation is 2. The van der Waals surface area contributed by atoms with E-state index in [4.69, 9.17) is 4.74 Å². The lowest BCUT2D eigenvalue weighted by molar-refractivity contribution is 0.0827. The van der Waals surface area contributed by atoms with Gasteiger partial charge in [0.25, 0.3) is 6.43 Å². The highest BCUT2D eigenvalue weighted by atomic mass is 19.3. The summed E-state index contributed by atoms with van der Waals surface area (Å²) >= 11 is 0. The van der Waals surface area contributed by atoms with Crippen LogP contribution in [0.5, 0.6) is 0 Å². The predicted octanol–water partition coefficient (Wildman–Crippen LogP) is 1.71. The van der Waals surface area contributed by atoms with Crippen molar-refractivity contribution in [2.45, 2.75) is 26.3 Å². The minimum atomic E-state index is -2.58. The molecular formula is C13H22F2N4O2. The highest BCUT2D eigenvalue weighted by molar-refractivity contribution is 5.74. The van der Waals surface area contributed by atoms with Crippen LogP contribution in [0, 0.1) is 6.92 Å². The number of carbonyl (C=O) groups is 1. The summed E-state index contributed by atoms with van der Waals surface area (Å²) < 4.78 is 31.5. The summed E-state index contributed by atoms with van der Waals surface area (Å²) in [5.74, 6) is 0. The number of urea groups is 1. The number of methoxy groups -OCH3 is 1. The summed E-state index contributed by atoms with van der Waals surface area (Å²) in [6, 6.07) is -0.850. The molecule has 0 aliphatic carbocycles. The fourth-order valence-corrected chi connectivity index (χ4v) is 2.04. The van der Waals surface area contributed by atoms with Gasteiger partial charge in [0.2, 0.25) is 0 Å². The van der Waals surface area contributed by atoms with Crippen LogP contribution < -0.4 is 5.32 Å². The molecule has 1 unspecified atom stereocenters. The zero-order valence-corrected chi connectivity index (χ0v) is 12.8. The highest BCUT2D eigenvalue weighted by Crippen LogP contribution is 2.16. The normalized spacial score (nSPS) is 12.5. The van der Waals surface area contributed by atoms with Crippen molar-refractivity contribution in [1.29, 1.82) is 0 Å². The summed E-state index contributed by atoms with van der Waals surface area (Å²) in [6.45, 7) is 3.33. The van der Waals surface area contributed by atoms with Gasteiger partial charge < -0.3 is 15.0 Å². The smallest absolute Gasteiger partial charge is 0.318 e. The van der Waals surface area contributed by atoms with Gasteiger partial charge in [-0.05, 0) is 13.8 Å². The van der Waals surface area contributed by atoms with Gasteiger partial charge in [-0.15, -0.1) is 0 Å². The van der Waals surface area contributed by atoms with Crippen LogP contribution in [0.15, 0.2) is 6.20 Å². The van der Waals surface area contributed by atoms with Gasteiger partial charge in [-0.2, -0.15) is 5.10 Å². The molecule has 2 amide bonds. The molecule has 1 aromatic rings. The van der Waals surface area contributed by atoms with Gasteiger partial charge in [0.15, 0.2) is 0 Å². The third-order valence-corrected chi connectivity index (χ3v) is 3.07. The number of aromatic nitrogens is 2. The van der Waals surface area contributed by atoms with Crippen molar-refractivity contribution in [1.82, 2.24) is 20.0 Å². The number of carbonyl (C=O) groups excluding carboxylic acids is 1. The van der Waals surface area contributed by atoms with E-state index >= 15 is 0 Å². The van der Waals surface area contributed by atoms with E-state index in [1.165, 1.54) is 7.11 Å². The van der Waals surface area contributed by atoms with Gasteiger partial charge in [-0.3, -0.25) is 4.68 Å². The van der Waals surface area contributed by atoms with Gasteiger partial charge in [0, 0.05) is 32.5 Å². The maximum Gasteiger partial charge on any atom is 0.318 e. The van der Waals surface area contributed by atoms with Gasteiger partial charge in [0.1, 0.15) is 0 Å². The zero-order valence-electron chi connectivity index (χ0n) is 12.8. The minimum Gasteiger partial charge on any atom is -0.383 e. The number of nitrogens with one attached hydrogen (secondary N) is 1. The third kappa shape index (κ3) is 5.30. The van der Waals surface area contributed by atoms with Gasteiger partial charge in [0.05, 0.1) is 24.9 Å². The summed E-state index contributed by atoms with van der Waals surface area (Å²) in [7, 11) is 3.24. The lowest BCUT2D eigenvalue weighted by Crippen LogP contribution is -2.44. The minimum absolute atomic E-state index is 0.116. The maximum absolute atomic E-state index is 12.5. The number of alkyl halides is 2. The summed E-state index contributed by atoms with van der Waals surface area (Å²) in [4.78, 5) is 13.1. The van der Waals surface area contributed by atoms with E-state index < -0.39 is 19.0 Å². The molecule has 0 aliphatic rings. The fraction of sp³-hybridized carbons (Fsp3) is 0.692. The Kier molecular flexibility index (Phi) is 6.54. The molecule has 1 heterocycles. The van der Waals surface area contributed by atoms with Crippen molar-refractivity contribution in [2.75, 3.05) is 26.8 Å². The predicted molar refractivity (Wildman–Crippen MR) is 74.3 cm³/mol. The van der Waals surface area contributed by atoms with Gasteiger partial charge >= 0.3 is 6.03 Å². The number of hydrogen-bond donors (Lipinski definition) is 1. The molecule has 0 fully saturated rings. The van der Waals surface area contributed by atoms with Crippen molar-refractivity contribution < 1.29 is 18.3 Å². The zero-order chi connectivity index (χ0) is 16.0. The molecule has 1 rings (SSSR count). The first-order valence-electron chi connectivity index (χ1n) is 6.67.